The Hall–Kier alpha value is -5.97. The van der Waals surface area contributed by atoms with E-state index in [1.165, 1.54) is 69.9 Å². The molecule has 0 saturated heterocycles. The molecule has 3 aromatic heterocycles. The summed E-state index contributed by atoms with van der Waals surface area (Å²) in [6, 6.07) is 57.6. The maximum absolute atomic E-state index is 5.00. The van der Waals surface area contributed by atoms with Gasteiger partial charge in [0.15, 0.2) is 0 Å². The van der Waals surface area contributed by atoms with Crippen LogP contribution >= 0.6 is 11.3 Å². The van der Waals surface area contributed by atoms with Crippen LogP contribution in [-0.2, 0) is 0 Å². The van der Waals surface area contributed by atoms with Crippen LogP contribution in [0.1, 0.15) is 25.6 Å². The Kier molecular flexibility index (Phi) is 6.55. The van der Waals surface area contributed by atoms with Gasteiger partial charge in [-0.25, -0.2) is 4.98 Å². The van der Waals surface area contributed by atoms with Gasteiger partial charge in [-0.05, 0) is 95.1 Å². The summed E-state index contributed by atoms with van der Waals surface area (Å²) < 4.78 is 7.32. The minimum absolute atomic E-state index is 0.302. The van der Waals surface area contributed by atoms with Crippen LogP contribution in [0.25, 0.3) is 86.6 Å². The molecule has 0 spiro atoms. The molecule has 0 aliphatic rings. The number of hydrogen-bond acceptors (Lipinski definition) is 2. The minimum atomic E-state index is 0.302. The van der Waals surface area contributed by atoms with Gasteiger partial charge in [0, 0.05) is 48.2 Å². The Morgan fingerprint density at radius 1 is 0.440 bits per heavy atom. The second kappa shape index (κ2) is 11.3. The van der Waals surface area contributed by atoms with Gasteiger partial charge in [-0.1, -0.05) is 98.8 Å². The van der Waals surface area contributed by atoms with Gasteiger partial charge in [-0.15, -0.1) is 11.3 Å². The maximum Gasteiger partial charge on any atom is 0.117 e. The van der Waals surface area contributed by atoms with Crippen molar-refractivity contribution in [2.24, 2.45) is 0 Å². The quantitative estimate of drug-likeness (QED) is 0.180. The van der Waals surface area contributed by atoms with Crippen LogP contribution in [0, 0.1) is 0 Å². The molecule has 7 aromatic carbocycles. The maximum atomic E-state index is 5.00. The number of para-hydroxylation sites is 4. The first-order chi connectivity index (χ1) is 24.6. The highest BCUT2D eigenvalue weighted by Gasteiger charge is 2.17. The molecule has 0 unspecified atom stereocenters. The van der Waals surface area contributed by atoms with Crippen molar-refractivity contribution >= 4 is 64.3 Å². The molecule has 0 amide bonds. The van der Waals surface area contributed by atoms with Gasteiger partial charge < -0.3 is 4.57 Å². The van der Waals surface area contributed by atoms with Crippen LogP contribution in [0.3, 0.4) is 0 Å². The molecular weight excluding hydrogens is 627 g/mol. The van der Waals surface area contributed by atoms with E-state index < -0.39 is 0 Å². The molecule has 0 atom stereocenters. The molecule has 3 nitrogen and oxygen atoms in total. The minimum Gasteiger partial charge on any atom is -0.309 e. The normalized spacial score (nSPS) is 12.0. The fraction of sp³-hybridized carbons (Fsp3) is 0.0652. The fourth-order valence-corrected chi connectivity index (χ4v) is 8.76. The predicted octanol–water partition coefficient (Wildman–Crippen LogP) is 12.9. The lowest BCUT2D eigenvalue weighted by molar-refractivity contribution is 0.760. The second-order valence-corrected chi connectivity index (χ2v) is 14.5. The summed E-state index contributed by atoms with van der Waals surface area (Å²) in [6.45, 7) is 4.43. The third kappa shape index (κ3) is 4.53. The Balaban J connectivity index is 1.07. The van der Waals surface area contributed by atoms with Crippen LogP contribution in [0.15, 0.2) is 158 Å². The van der Waals surface area contributed by atoms with E-state index in [1.807, 2.05) is 11.3 Å². The van der Waals surface area contributed by atoms with Crippen molar-refractivity contribution in [3.05, 3.63) is 164 Å². The van der Waals surface area contributed by atoms with Crippen LogP contribution < -0.4 is 0 Å². The van der Waals surface area contributed by atoms with Crippen LogP contribution in [0.5, 0.6) is 0 Å². The Morgan fingerprint density at radius 3 is 1.52 bits per heavy atom. The van der Waals surface area contributed by atoms with E-state index in [1.54, 1.807) is 0 Å². The summed E-state index contributed by atoms with van der Waals surface area (Å²) in [4.78, 5) is 5.00. The smallest absolute Gasteiger partial charge is 0.117 e. The highest BCUT2D eigenvalue weighted by Crippen LogP contribution is 2.40. The fourth-order valence-electron chi connectivity index (χ4n) is 7.69. The van der Waals surface area contributed by atoms with Gasteiger partial charge in [-0.2, -0.15) is 0 Å². The van der Waals surface area contributed by atoms with Gasteiger partial charge in [0.05, 0.1) is 22.1 Å². The molecule has 0 radical (unpaired) electrons. The molecule has 3 heterocycles. The van der Waals surface area contributed by atoms with E-state index in [0.29, 0.717) is 5.92 Å². The third-order valence-electron chi connectivity index (χ3n) is 10.0. The SMILES string of the molecule is CC(C)c1nc2ccccc2n1-c1cccc(-c2ccc3sc4ccc(-c5cccc(-n6c7ccccc7c7ccccc76)c5)cc4c3c2)c1. The molecule has 238 valence electrons. The summed E-state index contributed by atoms with van der Waals surface area (Å²) in [5, 5.41) is 5.15. The number of rotatable bonds is 5. The largest absolute Gasteiger partial charge is 0.309 e. The van der Waals surface area contributed by atoms with Crippen molar-refractivity contribution in [1.82, 2.24) is 14.1 Å². The number of aromatic nitrogens is 3. The van der Waals surface area contributed by atoms with Gasteiger partial charge in [-0.3, -0.25) is 4.57 Å². The molecule has 0 fully saturated rings. The first-order valence-corrected chi connectivity index (χ1v) is 18.1. The molecule has 50 heavy (non-hydrogen) atoms. The van der Waals surface area contributed by atoms with E-state index in [-0.39, 0.29) is 0 Å². The average molecular weight is 660 g/mol. The third-order valence-corrected chi connectivity index (χ3v) is 11.2. The van der Waals surface area contributed by atoms with Crippen molar-refractivity contribution in [2.45, 2.75) is 19.8 Å². The van der Waals surface area contributed by atoms with Crippen molar-refractivity contribution in [1.29, 1.82) is 0 Å². The molecule has 0 bridgehead atoms. The summed E-state index contributed by atoms with van der Waals surface area (Å²) in [7, 11) is 0. The second-order valence-electron chi connectivity index (χ2n) is 13.4. The molecule has 0 aliphatic heterocycles. The van der Waals surface area contributed by atoms with E-state index in [4.69, 9.17) is 4.98 Å². The molecule has 0 saturated carbocycles. The number of fused-ring (bicyclic) bond motifs is 7. The van der Waals surface area contributed by atoms with Crippen molar-refractivity contribution in [3.8, 4) is 33.6 Å². The summed E-state index contributed by atoms with van der Waals surface area (Å²) >= 11 is 1.86. The van der Waals surface area contributed by atoms with Gasteiger partial charge in [0.1, 0.15) is 5.82 Å². The zero-order valence-corrected chi connectivity index (χ0v) is 28.7. The van der Waals surface area contributed by atoms with Gasteiger partial charge in [0.2, 0.25) is 0 Å². The van der Waals surface area contributed by atoms with E-state index in [2.05, 4.69) is 181 Å². The molecule has 4 heteroatoms. The number of hydrogen-bond donors (Lipinski definition) is 0. The standard InChI is InChI=1S/C46H33N3S/c1-29(2)46-47-40-17-5-8-20-43(40)49(46)35-14-10-12-31(26-35)33-22-24-45-39(28-33)38-27-32(21-23-44(38)50-45)30-11-9-13-34(25-30)48-41-18-6-3-15-36(41)37-16-4-7-19-42(37)48/h3-29H,1-2H3. The average Bonchev–Trinajstić information content (AvgIpc) is 3.84. The van der Waals surface area contributed by atoms with Crippen LogP contribution in [0.2, 0.25) is 0 Å². The summed E-state index contributed by atoms with van der Waals surface area (Å²) in [5.41, 5.74) is 11.8. The van der Waals surface area contributed by atoms with E-state index >= 15 is 0 Å². The van der Waals surface area contributed by atoms with Crippen LogP contribution in [-0.4, -0.2) is 14.1 Å². The Bertz CT molecular complexity index is 2870. The van der Waals surface area contributed by atoms with E-state index in [0.717, 1.165) is 22.5 Å². The van der Waals surface area contributed by atoms with Crippen molar-refractivity contribution in [2.75, 3.05) is 0 Å². The number of nitrogens with zero attached hydrogens (tertiary/aromatic N) is 3. The number of imidazole rings is 1. The lowest BCUT2D eigenvalue weighted by atomic mass is 9.99. The molecule has 0 aliphatic carbocycles. The van der Waals surface area contributed by atoms with E-state index in [9.17, 15) is 0 Å². The first kappa shape index (κ1) is 29.0. The zero-order valence-electron chi connectivity index (χ0n) is 27.8. The van der Waals surface area contributed by atoms with Crippen LogP contribution in [0.4, 0.5) is 0 Å². The lowest BCUT2D eigenvalue weighted by Crippen LogP contribution is -2.03. The highest BCUT2D eigenvalue weighted by atomic mass is 32.1. The Labute approximate surface area is 294 Å². The number of thiophene rings is 1. The van der Waals surface area contributed by atoms with Gasteiger partial charge in [0.25, 0.3) is 0 Å². The zero-order chi connectivity index (χ0) is 33.3. The molecule has 10 rings (SSSR count). The lowest BCUT2D eigenvalue weighted by Gasteiger charge is -2.13. The van der Waals surface area contributed by atoms with Gasteiger partial charge >= 0.3 is 0 Å². The predicted molar refractivity (Wildman–Crippen MR) is 213 cm³/mol. The molecule has 0 N–H and O–H groups in total. The summed E-state index contributed by atoms with van der Waals surface area (Å²) in [5.74, 6) is 1.38. The van der Waals surface area contributed by atoms with Crippen molar-refractivity contribution in [3.63, 3.8) is 0 Å². The van der Waals surface area contributed by atoms with Crippen molar-refractivity contribution < 1.29 is 0 Å². The number of benzene rings is 7. The highest BCUT2D eigenvalue weighted by molar-refractivity contribution is 7.25. The Morgan fingerprint density at radius 2 is 0.940 bits per heavy atom. The topological polar surface area (TPSA) is 22.8 Å². The molecule has 10 aromatic rings. The molecular formula is C46H33N3S. The summed E-state index contributed by atoms with van der Waals surface area (Å²) in [6.07, 6.45) is 0. The first-order valence-electron chi connectivity index (χ1n) is 17.2. The monoisotopic (exact) mass is 659 g/mol.